The highest BCUT2D eigenvalue weighted by molar-refractivity contribution is 5.83. The van der Waals surface area contributed by atoms with E-state index in [4.69, 9.17) is 4.74 Å². The number of hydrogen-bond donors (Lipinski definition) is 0. The summed E-state index contributed by atoms with van der Waals surface area (Å²) in [5, 5.41) is 0. The standard InChI is InChI=1S/C25H31N3O2/c29-25(28-11-4-5-12-28)24(21-6-2-1-3-7-21)27-15-13-26(14-16-27)19-20-8-9-23-22(18-20)10-17-30-23/h1-3,6-9,18,24H,4-5,10-17,19H2/t24-/m1/s1. The molecule has 0 radical (unpaired) electrons. The summed E-state index contributed by atoms with van der Waals surface area (Å²) in [6, 6.07) is 16.8. The molecule has 0 N–H and O–H groups in total. The minimum atomic E-state index is -0.149. The van der Waals surface area contributed by atoms with Crippen LogP contribution in [0.3, 0.4) is 0 Å². The van der Waals surface area contributed by atoms with E-state index in [9.17, 15) is 4.79 Å². The summed E-state index contributed by atoms with van der Waals surface area (Å²) in [7, 11) is 0. The third kappa shape index (κ3) is 4.09. The Bertz CT molecular complexity index is 871. The molecule has 158 valence electrons. The van der Waals surface area contributed by atoms with E-state index in [0.29, 0.717) is 0 Å². The molecular formula is C25H31N3O2. The second-order valence-electron chi connectivity index (χ2n) is 8.70. The maximum absolute atomic E-state index is 13.4. The third-order valence-corrected chi connectivity index (χ3v) is 6.70. The number of nitrogens with zero attached hydrogens (tertiary/aromatic N) is 3. The molecule has 0 aromatic heterocycles. The van der Waals surface area contributed by atoms with Gasteiger partial charge in [0, 0.05) is 52.2 Å². The molecule has 2 fully saturated rings. The number of benzene rings is 2. The normalized spacial score (nSPS) is 20.7. The van der Waals surface area contributed by atoms with Gasteiger partial charge >= 0.3 is 0 Å². The highest BCUT2D eigenvalue weighted by Gasteiger charge is 2.34. The summed E-state index contributed by atoms with van der Waals surface area (Å²) < 4.78 is 5.63. The van der Waals surface area contributed by atoms with Crippen LogP contribution in [0.25, 0.3) is 0 Å². The first-order valence-corrected chi connectivity index (χ1v) is 11.3. The van der Waals surface area contributed by atoms with Gasteiger partial charge in [-0.05, 0) is 35.6 Å². The first-order valence-electron chi connectivity index (χ1n) is 11.3. The fraction of sp³-hybridized carbons (Fsp3) is 0.480. The van der Waals surface area contributed by atoms with Crippen molar-refractivity contribution in [3.05, 3.63) is 65.2 Å². The van der Waals surface area contributed by atoms with E-state index in [1.807, 2.05) is 18.2 Å². The SMILES string of the molecule is O=C([C@@H](c1ccccc1)N1CCN(Cc2ccc3c(c2)CCO3)CC1)N1CCCC1. The van der Waals surface area contributed by atoms with Crippen LogP contribution in [0.4, 0.5) is 0 Å². The predicted octanol–water partition coefficient (Wildman–Crippen LogP) is 3.10. The number of hydrogen-bond acceptors (Lipinski definition) is 4. The van der Waals surface area contributed by atoms with Crippen molar-refractivity contribution >= 4 is 5.91 Å². The minimum Gasteiger partial charge on any atom is -0.493 e. The van der Waals surface area contributed by atoms with Crippen molar-refractivity contribution in [2.45, 2.75) is 31.8 Å². The van der Waals surface area contributed by atoms with Crippen molar-refractivity contribution < 1.29 is 9.53 Å². The van der Waals surface area contributed by atoms with E-state index < -0.39 is 0 Å². The molecule has 5 nitrogen and oxygen atoms in total. The molecule has 0 aliphatic carbocycles. The Morgan fingerprint density at radius 2 is 1.70 bits per heavy atom. The van der Waals surface area contributed by atoms with E-state index in [2.05, 4.69) is 45.0 Å². The van der Waals surface area contributed by atoms with Crippen LogP contribution >= 0.6 is 0 Å². The zero-order chi connectivity index (χ0) is 20.3. The molecule has 0 saturated carbocycles. The average Bonchev–Trinajstić information content (AvgIpc) is 3.48. The molecular weight excluding hydrogens is 374 g/mol. The van der Waals surface area contributed by atoms with Gasteiger partial charge in [-0.3, -0.25) is 14.6 Å². The number of ether oxygens (including phenoxy) is 1. The van der Waals surface area contributed by atoms with E-state index in [1.165, 1.54) is 11.1 Å². The van der Waals surface area contributed by atoms with E-state index in [-0.39, 0.29) is 11.9 Å². The number of amides is 1. The third-order valence-electron chi connectivity index (χ3n) is 6.70. The Morgan fingerprint density at radius 1 is 0.933 bits per heavy atom. The van der Waals surface area contributed by atoms with Crippen molar-refractivity contribution in [2.75, 3.05) is 45.9 Å². The minimum absolute atomic E-state index is 0.149. The molecule has 3 heterocycles. The molecule has 3 aliphatic rings. The molecule has 2 aromatic rings. The fourth-order valence-electron chi connectivity index (χ4n) is 5.03. The Kier molecular flexibility index (Phi) is 5.73. The molecule has 0 spiro atoms. The Labute approximate surface area is 179 Å². The van der Waals surface area contributed by atoms with Crippen molar-refractivity contribution in [1.29, 1.82) is 0 Å². The van der Waals surface area contributed by atoms with E-state index in [1.54, 1.807) is 0 Å². The maximum Gasteiger partial charge on any atom is 0.244 e. The number of carbonyl (C=O) groups excluding carboxylic acids is 1. The molecule has 2 saturated heterocycles. The van der Waals surface area contributed by atoms with Crippen molar-refractivity contribution in [3.8, 4) is 5.75 Å². The number of piperazine rings is 1. The highest BCUT2D eigenvalue weighted by Crippen LogP contribution is 2.28. The van der Waals surface area contributed by atoms with Crippen molar-refractivity contribution in [1.82, 2.24) is 14.7 Å². The second-order valence-corrected chi connectivity index (χ2v) is 8.70. The van der Waals surface area contributed by atoms with Gasteiger partial charge in [-0.25, -0.2) is 0 Å². The molecule has 1 amide bonds. The zero-order valence-electron chi connectivity index (χ0n) is 17.6. The Balaban J connectivity index is 1.25. The Hall–Kier alpha value is -2.37. The van der Waals surface area contributed by atoms with Crippen LogP contribution < -0.4 is 4.74 Å². The summed E-state index contributed by atoms with van der Waals surface area (Å²) in [6.07, 6.45) is 3.29. The molecule has 1 atom stereocenters. The van der Waals surface area contributed by atoms with Crippen molar-refractivity contribution in [2.24, 2.45) is 0 Å². The summed E-state index contributed by atoms with van der Waals surface area (Å²) >= 11 is 0. The molecule has 3 aliphatic heterocycles. The molecule has 2 aromatic carbocycles. The van der Waals surface area contributed by atoms with Gasteiger partial charge in [-0.1, -0.05) is 42.5 Å². The van der Waals surface area contributed by atoms with Gasteiger partial charge in [0.2, 0.25) is 5.91 Å². The predicted molar refractivity (Wildman–Crippen MR) is 117 cm³/mol. The van der Waals surface area contributed by atoms with Crippen LogP contribution in [0.1, 0.15) is 35.6 Å². The molecule has 5 heteroatoms. The van der Waals surface area contributed by atoms with Crippen molar-refractivity contribution in [3.63, 3.8) is 0 Å². The van der Waals surface area contributed by atoms with Crippen LogP contribution in [-0.4, -0.2) is 66.5 Å². The number of carbonyl (C=O) groups is 1. The fourth-order valence-corrected chi connectivity index (χ4v) is 5.03. The van der Waals surface area contributed by atoms with Crippen LogP contribution in [0.2, 0.25) is 0 Å². The number of fused-ring (bicyclic) bond motifs is 1. The van der Waals surface area contributed by atoms with Gasteiger partial charge in [-0.2, -0.15) is 0 Å². The molecule has 30 heavy (non-hydrogen) atoms. The summed E-state index contributed by atoms with van der Waals surface area (Å²) in [4.78, 5) is 20.4. The van der Waals surface area contributed by atoms with Crippen LogP contribution in [0, 0.1) is 0 Å². The van der Waals surface area contributed by atoms with Gasteiger partial charge in [-0.15, -0.1) is 0 Å². The lowest BCUT2D eigenvalue weighted by atomic mass is 10.0. The van der Waals surface area contributed by atoms with Gasteiger partial charge in [0.05, 0.1) is 6.61 Å². The first-order chi connectivity index (χ1) is 14.8. The van der Waals surface area contributed by atoms with E-state index >= 15 is 0 Å². The summed E-state index contributed by atoms with van der Waals surface area (Å²) in [6.45, 7) is 7.42. The van der Waals surface area contributed by atoms with Crippen LogP contribution in [-0.2, 0) is 17.8 Å². The van der Waals surface area contributed by atoms with Gasteiger partial charge in [0.15, 0.2) is 0 Å². The maximum atomic E-state index is 13.4. The number of rotatable bonds is 5. The van der Waals surface area contributed by atoms with Gasteiger partial charge in [0.25, 0.3) is 0 Å². The monoisotopic (exact) mass is 405 g/mol. The number of likely N-dealkylation sites (tertiary alicyclic amines) is 1. The van der Waals surface area contributed by atoms with Crippen LogP contribution in [0.5, 0.6) is 5.75 Å². The first kappa shape index (κ1) is 19.6. The average molecular weight is 406 g/mol. The quantitative estimate of drug-likeness (QED) is 0.766. The molecule has 5 rings (SSSR count). The largest absolute Gasteiger partial charge is 0.493 e. The second kappa shape index (κ2) is 8.78. The molecule has 0 unspecified atom stereocenters. The zero-order valence-corrected chi connectivity index (χ0v) is 17.6. The summed E-state index contributed by atoms with van der Waals surface area (Å²) in [5.74, 6) is 1.33. The molecule has 0 bridgehead atoms. The van der Waals surface area contributed by atoms with E-state index in [0.717, 1.165) is 83.0 Å². The van der Waals surface area contributed by atoms with Gasteiger partial charge < -0.3 is 9.64 Å². The lowest BCUT2D eigenvalue weighted by Crippen LogP contribution is -2.51. The van der Waals surface area contributed by atoms with Crippen LogP contribution in [0.15, 0.2) is 48.5 Å². The lowest BCUT2D eigenvalue weighted by molar-refractivity contribution is -0.137. The highest BCUT2D eigenvalue weighted by atomic mass is 16.5. The lowest BCUT2D eigenvalue weighted by Gasteiger charge is -2.40. The smallest absolute Gasteiger partial charge is 0.244 e. The Morgan fingerprint density at radius 3 is 2.47 bits per heavy atom. The van der Waals surface area contributed by atoms with Gasteiger partial charge in [0.1, 0.15) is 11.8 Å². The topological polar surface area (TPSA) is 36.0 Å². The summed E-state index contributed by atoms with van der Waals surface area (Å²) in [5.41, 5.74) is 3.83.